The molecular weight excluding hydrogens is 847 g/mol. The Bertz CT molecular complexity index is 2660. The number of nitrogens with two attached hydrogens (primary N) is 2. The average Bonchev–Trinajstić information content (AvgIpc) is 3.59. The largest absolute Gasteiger partial charge is 0.397 e. The van der Waals surface area contributed by atoms with Gasteiger partial charge in [0.1, 0.15) is 0 Å². The lowest BCUT2D eigenvalue weighted by molar-refractivity contribution is -0.135. The fraction of sp³-hybridized carbons (Fsp3) is 0.233. The molecule has 3 aliphatic rings. The van der Waals surface area contributed by atoms with Gasteiger partial charge < -0.3 is 31.1 Å². The van der Waals surface area contributed by atoms with Gasteiger partial charge in [-0.1, -0.05) is 64.8 Å². The molecule has 0 aromatic heterocycles. The van der Waals surface area contributed by atoms with Crippen molar-refractivity contribution in [3.63, 3.8) is 0 Å². The van der Waals surface area contributed by atoms with Crippen molar-refractivity contribution in [2.45, 2.75) is 23.6 Å². The first-order valence-corrected chi connectivity index (χ1v) is 20.9. The van der Waals surface area contributed by atoms with Crippen LogP contribution in [-0.4, -0.2) is 102 Å². The predicted octanol–water partition coefficient (Wildman–Crippen LogP) is 6.08. The number of fused-ring (bicyclic) bond motifs is 1. The molecular formula is C43H39Cl3N8O5S. The minimum Gasteiger partial charge on any atom is -0.397 e. The third-order valence-corrected chi connectivity index (χ3v) is 13.0. The number of benzene rings is 4. The minimum atomic E-state index is -0.646. The molecule has 4 aromatic rings. The molecule has 0 bridgehead atoms. The van der Waals surface area contributed by atoms with E-state index < -0.39 is 6.03 Å². The molecule has 0 atom stereocenters. The molecule has 3 heterocycles. The summed E-state index contributed by atoms with van der Waals surface area (Å²) in [5, 5.41) is 1.59. The monoisotopic (exact) mass is 884 g/mol. The van der Waals surface area contributed by atoms with E-state index in [4.69, 9.17) is 46.3 Å². The lowest BCUT2D eigenvalue weighted by Gasteiger charge is -2.33. The maximum Gasteiger partial charge on any atom is 0.368 e. The molecule has 0 spiro atoms. The Morgan fingerprint density at radius 3 is 1.58 bits per heavy atom. The van der Waals surface area contributed by atoms with Crippen molar-refractivity contribution in [2.75, 3.05) is 63.8 Å². The van der Waals surface area contributed by atoms with Crippen molar-refractivity contribution < 1.29 is 24.0 Å². The highest BCUT2D eigenvalue weighted by Gasteiger charge is 2.24. The number of urea groups is 1. The van der Waals surface area contributed by atoms with Crippen LogP contribution in [0, 0.1) is 0 Å². The number of amides is 6. The number of rotatable bonds is 8. The first kappa shape index (κ1) is 42.5. The summed E-state index contributed by atoms with van der Waals surface area (Å²) in [6.07, 6.45) is 6.32. The Morgan fingerprint density at radius 2 is 1.08 bits per heavy atom. The van der Waals surface area contributed by atoms with Crippen LogP contribution in [0.25, 0.3) is 34.4 Å². The SMILES string of the molecule is CC(=O)N1CCN(C(=O)C=Cc2ccc(Sc3ccc(C=CC(=O)N4CCN(C(C)=O)CC4)c(-c4cc5c(cc4Cl)=NC(=O)N=5)c3Cl)c(Cl)c2-c2ccc(N)c(N)c2)CC1. The molecule has 7 rings (SSSR count). The molecule has 2 saturated heterocycles. The molecule has 0 unspecified atom stereocenters. The van der Waals surface area contributed by atoms with Crippen molar-refractivity contribution >= 4 is 99.8 Å². The Balaban J connectivity index is 1.25. The van der Waals surface area contributed by atoms with Gasteiger partial charge in [0.15, 0.2) is 0 Å². The fourth-order valence-electron chi connectivity index (χ4n) is 7.16. The first-order chi connectivity index (χ1) is 28.7. The maximum atomic E-state index is 13.3. The Morgan fingerprint density at radius 1 is 0.617 bits per heavy atom. The normalized spacial score (nSPS) is 15.4. The summed E-state index contributed by atoms with van der Waals surface area (Å²) in [5.74, 6) is -0.485. The van der Waals surface area contributed by atoms with E-state index >= 15 is 0 Å². The summed E-state index contributed by atoms with van der Waals surface area (Å²) in [6.45, 7) is 6.50. The van der Waals surface area contributed by atoms with E-state index in [2.05, 4.69) is 9.98 Å². The number of hydrogen-bond donors (Lipinski definition) is 2. The van der Waals surface area contributed by atoms with Crippen LogP contribution >= 0.6 is 46.6 Å². The Labute approximate surface area is 364 Å². The summed E-state index contributed by atoms with van der Waals surface area (Å²) < 4.78 is 0. The van der Waals surface area contributed by atoms with Gasteiger partial charge >= 0.3 is 6.03 Å². The Hall–Kier alpha value is -5.67. The van der Waals surface area contributed by atoms with Crippen LogP contribution in [0.5, 0.6) is 0 Å². The van der Waals surface area contributed by atoms with E-state index in [1.165, 1.54) is 37.8 Å². The molecule has 2 fully saturated rings. The van der Waals surface area contributed by atoms with Gasteiger partial charge in [-0.15, -0.1) is 0 Å². The summed E-state index contributed by atoms with van der Waals surface area (Å²) in [6, 6.07) is 15.1. The smallest absolute Gasteiger partial charge is 0.368 e. The van der Waals surface area contributed by atoms with Crippen molar-refractivity contribution in [3.05, 3.63) is 104 Å². The summed E-state index contributed by atoms with van der Waals surface area (Å²) >= 11 is 22.7. The van der Waals surface area contributed by atoms with E-state index in [0.29, 0.717) is 128 Å². The number of carbonyl (C=O) groups is 5. The van der Waals surface area contributed by atoms with Crippen molar-refractivity contribution in [2.24, 2.45) is 9.98 Å². The molecule has 13 nitrogen and oxygen atoms in total. The highest BCUT2D eigenvalue weighted by Crippen LogP contribution is 2.47. The van der Waals surface area contributed by atoms with E-state index in [0.717, 1.165) is 0 Å². The molecule has 60 heavy (non-hydrogen) atoms. The summed E-state index contributed by atoms with van der Waals surface area (Å²) in [5.41, 5.74) is 16.5. The second-order valence-electron chi connectivity index (χ2n) is 14.3. The molecule has 6 amide bonds. The van der Waals surface area contributed by atoms with Crippen LogP contribution < -0.4 is 22.2 Å². The number of anilines is 2. The minimum absolute atomic E-state index is 0.0235. The van der Waals surface area contributed by atoms with E-state index in [-0.39, 0.29) is 28.7 Å². The molecule has 0 aliphatic carbocycles. The lowest BCUT2D eigenvalue weighted by atomic mass is 9.98. The third kappa shape index (κ3) is 9.06. The van der Waals surface area contributed by atoms with Gasteiger partial charge in [-0.2, -0.15) is 9.98 Å². The summed E-state index contributed by atoms with van der Waals surface area (Å²) in [4.78, 5) is 78.3. The second-order valence-corrected chi connectivity index (χ2v) is 16.5. The zero-order valence-corrected chi connectivity index (χ0v) is 35.7. The van der Waals surface area contributed by atoms with Crippen LogP contribution in [0.1, 0.15) is 25.0 Å². The lowest BCUT2D eigenvalue weighted by Crippen LogP contribution is -2.49. The Kier molecular flexibility index (Phi) is 12.7. The second kappa shape index (κ2) is 17.9. The number of hydrogen-bond acceptors (Lipinski definition) is 8. The highest BCUT2D eigenvalue weighted by molar-refractivity contribution is 7.99. The standard InChI is InChI=1S/C43H39Cl3N8O5S/c1-24(55)51-13-17-53(18-14-51)37(57)11-6-26-4-9-35(41(45)39(26)28-3-8-31(47)32(48)21-28)60-36-10-5-27(7-12-38(58)54-19-15-52(16-20-54)25(2)56)40(42(36)46)29-22-33-34(23-30(29)44)50-43(59)49-33/h3-12,21-23H,13-20,47-48H2,1-2H3. The number of carbonyl (C=O) groups excluding carboxylic acids is 5. The van der Waals surface area contributed by atoms with Gasteiger partial charge in [0.05, 0.1) is 37.2 Å². The first-order valence-electron chi connectivity index (χ1n) is 18.9. The van der Waals surface area contributed by atoms with Crippen molar-refractivity contribution in [1.29, 1.82) is 0 Å². The molecule has 0 saturated carbocycles. The number of piperazine rings is 2. The van der Waals surface area contributed by atoms with Gasteiger partial charge in [-0.25, -0.2) is 4.79 Å². The topological polar surface area (TPSA) is 175 Å². The van der Waals surface area contributed by atoms with Crippen LogP contribution in [-0.2, 0) is 19.2 Å². The van der Waals surface area contributed by atoms with Crippen LogP contribution in [0.15, 0.2) is 86.5 Å². The van der Waals surface area contributed by atoms with E-state index in [1.807, 2.05) is 24.3 Å². The number of nitrogens with zero attached hydrogens (tertiary/aromatic N) is 6. The predicted molar refractivity (Wildman–Crippen MR) is 235 cm³/mol. The molecule has 4 aromatic carbocycles. The van der Waals surface area contributed by atoms with Gasteiger partial charge in [0.25, 0.3) is 0 Å². The molecule has 4 N–H and O–H groups in total. The third-order valence-electron chi connectivity index (χ3n) is 10.5. The van der Waals surface area contributed by atoms with Crippen molar-refractivity contribution in [3.8, 4) is 22.3 Å². The van der Waals surface area contributed by atoms with Crippen LogP contribution in [0.2, 0.25) is 15.1 Å². The van der Waals surface area contributed by atoms with Gasteiger partial charge in [-0.05, 0) is 65.2 Å². The van der Waals surface area contributed by atoms with E-state index in [9.17, 15) is 24.0 Å². The molecule has 17 heteroatoms. The zero-order chi connectivity index (χ0) is 42.8. The zero-order valence-electron chi connectivity index (χ0n) is 32.6. The summed E-state index contributed by atoms with van der Waals surface area (Å²) in [7, 11) is 0. The highest BCUT2D eigenvalue weighted by atomic mass is 35.5. The van der Waals surface area contributed by atoms with Gasteiger partial charge in [-0.3, -0.25) is 19.2 Å². The van der Waals surface area contributed by atoms with Crippen molar-refractivity contribution in [1.82, 2.24) is 19.6 Å². The molecule has 0 radical (unpaired) electrons. The van der Waals surface area contributed by atoms with Gasteiger partial charge in [0, 0.05) is 105 Å². The van der Waals surface area contributed by atoms with Gasteiger partial charge in [0.2, 0.25) is 23.6 Å². The molecule has 308 valence electrons. The van der Waals surface area contributed by atoms with Crippen LogP contribution in [0.4, 0.5) is 16.2 Å². The number of halogens is 3. The van der Waals surface area contributed by atoms with Crippen LogP contribution in [0.3, 0.4) is 0 Å². The quantitative estimate of drug-likeness (QED) is 0.158. The number of nitrogen functional groups attached to an aromatic ring is 2. The maximum absolute atomic E-state index is 13.3. The fourth-order valence-corrected chi connectivity index (χ4v) is 9.10. The molecule has 3 aliphatic heterocycles. The van der Waals surface area contributed by atoms with E-state index in [1.54, 1.807) is 62.1 Å². The average molecular weight is 886 g/mol.